The van der Waals surface area contributed by atoms with Crippen molar-refractivity contribution >= 4 is 5.97 Å². The minimum atomic E-state index is -0.151. The van der Waals surface area contributed by atoms with E-state index in [-0.39, 0.29) is 18.2 Å². The first kappa shape index (κ1) is 13.5. The van der Waals surface area contributed by atoms with Gasteiger partial charge in [-0.25, -0.2) is 0 Å². The number of nitrogens with one attached hydrogen (secondary N) is 1. The van der Waals surface area contributed by atoms with Crippen LogP contribution in [-0.4, -0.2) is 37.9 Å². The van der Waals surface area contributed by atoms with Crippen molar-refractivity contribution in [1.29, 1.82) is 0 Å². The Labute approximate surface area is 97.7 Å². The smallest absolute Gasteiger partial charge is 0.308 e. The number of rotatable bonds is 5. The van der Waals surface area contributed by atoms with Gasteiger partial charge in [-0.05, 0) is 19.3 Å². The second kappa shape index (κ2) is 6.86. The van der Waals surface area contributed by atoms with Gasteiger partial charge in [0.2, 0.25) is 0 Å². The normalized spacial score (nSPS) is 23.1. The minimum absolute atomic E-state index is 0.00375. The summed E-state index contributed by atoms with van der Waals surface area (Å²) in [4.78, 5) is 11.6. The van der Waals surface area contributed by atoms with Crippen molar-refractivity contribution in [2.45, 2.75) is 45.8 Å². The number of hydrogen-bond acceptors (Lipinski definition) is 4. The Morgan fingerprint density at radius 3 is 2.81 bits per heavy atom. The van der Waals surface area contributed by atoms with Gasteiger partial charge in [-0.15, -0.1) is 0 Å². The molecule has 0 radical (unpaired) electrons. The van der Waals surface area contributed by atoms with Gasteiger partial charge in [0, 0.05) is 13.1 Å². The zero-order chi connectivity index (χ0) is 12.0. The summed E-state index contributed by atoms with van der Waals surface area (Å²) in [6.07, 6.45) is 1.25. The predicted octanol–water partition coefficient (Wildman–Crippen LogP) is 1.34. The second-order valence-electron chi connectivity index (χ2n) is 4.83. The highest BCUT2D eigenvalue weighted by molar-refractivity contribution is 5.70. The van der Waals surface area contributed by atoms with Crippen molar-refractivity contribution in [3.63, 3.8) is 0 Å². The van der Waals surface area contributed by atoms with Crippen LogP contribution in [0, 0.1) is 5.92 Å². The summed E-state index contributed by atoms with van der Waals surface area (Å²) in [7, 11) is 0. The van der Waals surface area contributed by atoms with E-state index in [4.69, 9.17) is 9.47 Å². The Bertz CT molecular complexity index is 212. The molecule has 1 N–H and O–H groups in total. The van der Waals surface area contributed by atoms with Gasteiger partial charge in [0.05, 0.1) is 25.2 Å². The van der Waals surface area contributed by atoms with Crippen molar-refractivity contribution in [2.24, 2.45) is 5.92 Å². The highest BCUT2D eigenvalue weighted by Crippen LogP contribution is 2.10. The van der Waals surface area contributed by atoms with Crippen LogP contribution >= 0.6 is 0 Å². The van der Waals surface area contributed by atoms with Crippen LogP contribution in [0.2, 0.25) is 0 Å². The van der Waals surface area contributed by atoms with Crippen molar-refractivity contribution < 1.29 is 14.3 Å². The molecule has 0 amide bonds. The first-order valence-corrected chi connectivity index (χ1v) is 6.09. The summed E-state index contributed by atoms with van der Waals surface area (Å²) >= 11 is 0. The number of hydrogen-bond donors (Lipinski definition) is 1. The Kier molecular flexibility index (Phi) is 5.77. The standard InChI is InChI=1S/C12H23NO3/c1-9(2)6-10(3)16-12(14)7-11-8-13-4-5-15-11/h9-11,13H,4-8H2,1-3H3. The molecule has 2 atom stereocenters. The van der Waals surface area contributed by atoms with Crippen LogP contribution in [0.4, 0.5) is 0 Å². The average molecular weight is 229 g/mol. The second-order valence-corrected chi connectivity index (χ2v) is 4.83. The lowest BCUT2D eigenvalue weighted by atomic mass is 10.1. The maximum absolute atomic E-state index is 11.6. The molecule has 0 aliphatic carbocycles. The average Bonchev–Trinajstić information content (AvgIpc) is 2.17. The molecule has 4 nitrogen and oxygen atoms in total. The van der Waals surface area contributed by atoms with Crippen LogP contribution in [-0.2, 0) is 14.3 Å². The van der Waals surface area contributed by atoms with Crippen molar-refractivity contribution in [2.75, 3.05) is 19.7 Å². The molecule has 16 heavy (non-hydrogen) atoms. The molecule has 1 aliphatic rings. The van der Waals surface area contributed by atoms with E-state index in [9.17, 15) is 4.79 Å². The van der Waals surface area contributed by atoms with Gasteiger partial charge in [-0.1, -0.05) is 13.8 Å². The van der Waals surface area contributed by atoms with E-state index in [2.05, 4.69) is 19.2 Å². The quantitative estimate of drug-likeness (QED) is 0.723. The molecular weight excluding hydrogens is 206 g/mol. The summed E-state index contributed by atoms with van der Waals surface area (Å²) in [6.45, 7) is 8.48. The van der Waals surface area contributed by atoms with Crippen LogP contribution in [0.15, 0.2) is 0 Å². The highest BCUT2D eigenvalue weighted by atomic mass is 16.5. The third-order valence-electron chi connectivity index (χ3n) is 2.53. The van der Waals surface area contributed by atoms with E-state index in [0.717, 1.165) is 19.5 Å². The Balaban J connectivity index is 2.18. The maximum Gasteiger partial charge on any atom is 0.308 e. The monoisotopic (exact) mass is 229 g/mol. The Morgan fingerprint density at radius 1 is 1.50 bits per heavy atom. The molecule has 0 bridgehead atoms. The number of morpholine rings is 1. The fraction of sp³-hybridized carbons (Fsp3) is 0.917. The molecular formula is C12H23NO3. The van der Waals surface area contributed by atoms with Gasteiger partial charge < -0.3 is 14.8 Å². The summed E-state index contributed by atoms with van der Waals surface area (Å²) < 4.78 is 10.8. The highest BCUT2D eigenvalue weighted by Gasteiger charge is 2.19. The number of carbonyl (C=O) groups excluding carboxylic acids is 1. The van der Waals surface area contributed by atoms with E-state index in [1.807, 2.05) is 6.92 Å². The molecule has 1 aliphatic heterocycles. The fourth-order valence-electron chi connectivity index (χ4n) is 1.92. The van der Waals surface area contributed by atoms with Crippen LogP contribution in [0.1, 0.15) is 33.6 Å². The minimum Gasteiger partial charge on any atom is -0.463 e. The topological polar surface area (TPSA) is 47.6 Å². The first-order chi connectivity index (χ1) is 7.58. The summed E-state index contributed by atoms with van der Waals surface area (Å²) in [6, 6.07) is 0. The fourth-order valence-corrected chi connectivity index (χ4v) is 1.92. The van der Waals surface area contributed by atoms with Crippen molar-refractivity contribution in [1.82, 2.24) is 5.32 Å². The number of esters is 1. The third kappa shape index (κ3) is 5.47. The predicted molar refractivity (Wildman–Crippen MR) is 62.2 cm³/mol. The van der Waals surface area contributed by atoms with Gasteiger partial charge in [-0.2, -0.15) is 0 Å². The van der Waals surface area contributed by atoms with Gasteiger partial charge in [0.1, 0.15) is 0 Å². The van der Waals surface area contributed by atoms with Crippen LogP contribution < -0.4 is 5.32 Å². The molecule has 0 aromatic heterocycles. The van der Waals surface area contributed by atoms with Crippen LogP contribution in [0.5, 0.6) is 0 Å². The lowest BCUT2D eigenvalue weighted by Crippen LogP contribution is -2.40. The van der Waals surface area contributed by atoms with Crippen molar-refractivity contribution in [3.8, 4) is 0 Å². The molecule has 2 unspecified atom stereocenters. The zero-order valence-electron chi connectivity index (χ0n) is 10.5. The molecule has 0 spiro atoms. The van der Waals surface area contributed by atoms with E-state index in [0.29, 0.717) is 18.9 Å². The molecule has 1 heterocycles. The largest absolute Gasteiger partial charge is 0.463 e. The van der Waals surface area contributed by atoms with Crippen molar-refractivity contribution in [3.05, 3.63) is 0 Å². The van der Waals surface area contributed by atoms with Gasteiger partial charge >= 0.3 is 5.97 Å². The molecule has 0 aromatic carbocycles. The third-order valence-corrected chi connectivity index (χ3v) is 2.53. The lowest BCUT2D eigenvalue weighted by Gasteiger charge is -2.23. The van der Waals surface area contributed by atoms with E-state index in [1.54, 1.807) is 0 Å². The Hall–Kier alpha value is -0.610. The number of carbonyl (C=O) groups is 1. The SMILES string of the molecule is CC(C)CC(C)OC(=O)CC1CNCCO1. The summed E-state index contributed by atoms with van der Waals surface area (Å²) in [5.41, 5.74) is 0. The molecule has 1 fully saturated rings. The molecule has 0 aromatic rings. The molecule has 94 valence electrons. The van der Waals surface area contributed by atoms with E-state index in [1.165, 1.54) is 0 Å². The molecule has 0 saturated carbocycles. The molecule has 1 saturated heterocycles. The summed E-state index contributed by atoms with van der Waals surface area (Å²) in [5.74, 6) is 0.400. The van der Waals surface area contributed by atoms with Gasteiger partial charge in [0.15, 0.2) is 0 Å². The zero-order valence-corrected chi connectivity index (χ0v) is 10.5. The molecule has 1 rings (SSSR count). The lowest BCUT2D eigenvalue weighted by molar-refractivity contribution is -0.152. The van der Waals surface area contributed by atoms with Crippen LogP contribution in [0.25, 0.3) is 0 Å². The summed E-state index contributed by atoms with van der Waals surface area (Å²) in [5, 5.41) is 3.19. The van der Waals surface area contributed by atoms with Crippen LogP contribution in [0.3, 0.4) is 0 Å². The first-order valence-electron chi connectivity index (χ1n) is 6.09. The van der Waals surface area contributed by atoms with Gasteiger partial charge in [0.25, 0.3) is 0 Å². The van der Waals surface area contributed by atoms with E-state index >= 15 is 0 Å². The number of ether oxygens (including phenoxy) is 2. The maximum atomic E-state index is 11.6. The van der Waals surface area contributed by atoms with E-state index < -0.39 is 0 Å². The van der Waals surface area contributed by atoms with Gasteiger partial charge in [-0.3, -0.25) is 4.79 Å². The Morgan fingerprint density at radius 2 is 2.25 bits per heavy atom. The molecule has 4 heteroatoms.